The maximum atomic E-state index is 5.31. The van der Waals surface area contributed by atoms with Crippen molar-refractivity contribution in [3.63, 3.8) is 0 Å². The van der Waals surface area contributed by atoms with Gasteiger partial charge in [0.2, 0.25) is 0 Å². The van der Waals surface area contributed by atoms with Gasteiger partial charge in [0.1, 0.15) is 6.33 Å². The number of ether oxygens (including phenoxy) is 2. The maximum Gasteiger partial charge on any atom is 0.161 e. The Morgan fingerprint density at radius 2 is 1.79 bits per heavy atom. The van der Waals surface area contributed by atoms with Crippen molar-refractivity contribution >= 4 is 22.9 Å². The van der Waals surface area contributed by atoms with Crippen molar-refractivity contribution in [2.24, 2.45) is 5.10 Å². The van der Waals surface area contributed by atoms with Crippen molar-refractivity contribution in [1.29, 1.82) is 0 Å². The smallest absolute Gasteiger partial charge is 0.161 e. The molecule has 6 nitrogen and oxygen atoms in total. The summed E-state index contributed by atoms with van der Waals surface area (Å²) in [6.45, 7) is 0. The van der Waals surface area contributed by atoms with E-state index < -0.39 is 0 Å². The van der Waals surface area contributed by atoms with Crippen molar-refractivity contribution in [1.82, 2.24) is 9.97 Å². The molecular weight excluding hydrogens is 304 g/mol. The summed E-state index contributed by atoms with van der Waals surface area (Å²) < 4.78 is 10.5. The Kier molecular flexibility index (Phi) is 4.56. The largest absolute Gasteiger partial charge is 0.493 e. The van der Waals surface area contributed by atoms with Crippen LogP contribution in [0.5, 0.6) is 11.5 Å². The van der Waals surface area contributed by atoms with E-state index >= 15 is 0 Å². The topological polar surface area (TPSA) is 59.8 Å². The second kappa shape index (κ2) is 6.95. The van der Waals surface area contributed by atoms with Crippen LogP contribution in [-0.2, 0) is 0 Å². The van der Waals surface area contributed by atoms with Crippen LogP contribution in [-0.4, -0.2) is 37.4 Å². The Balaban J connectivity index is 1.88. The Morgan fingerprint density at radius 1 is 1.00 bits per heavy atom. The van der Waals surface area contributed by atoms with Gasteiger partial charge in [-0.05, 0) is 35.9 Å². The van der Waals surface area contributed by atoms with Gasteiger partial charge in [-0.25, -0.2) is 9.97 Å². The van der Waals surface area contributed by atoms with E-state index in [0.29, 0.717) is 11.5 Å². The summed E-state index contributed by atoms with van der Waals surface area (Å²) in [5.74, 6) is 2.10. The highest BCUT2D eigenvalue weighted by molar-refractivity contribution is 5.90. The fourth-order valence-corrected chi connectivity index (χ4v) is 2.39. The molecular formula is C18H18N4O2. The van der Waals surface area contributed by atoms with E-state index in [9.17, 15) is 0 Å². The zero-order chi connectivity index (χ0) is 16.9. The Morgan fingerprint density at radius 3 is 2.58 bits per heavy atom. The maximum absolute atomic E-state index is 5.31. The summed E-state index contributed by atoms with van der Waals surface area (Å²) in [4.78, 5) is 8.60. The molecule has 2 aromatic carbocycles. The van der Waals surface area contributed by atoms with Crippen LogP contribution < -0.4 is 14.5 Å². The van der Waals surface area contributed by atoms with Gasteiger partial charge in [0, 0.05) is 12.4 Å². The molecule has 0 fully saturated rings. The van der Waals surface area contributed by atoms with Gasteiger partial charge < -0.3 is 9.47 Å². The van der Waals surface area contributed by atoms with Crippen LogP contribution in [0.4, 0.5) is 5.82 Å². The molecule has 0 bridgehead atoms. The fourth-order valence-electron chi connectivity index (χ4n) is 2.39. The number of hydrogen-bond donors (Lipinski definition) is 0. The minimum atomic E-state index is 0.664. The van der Waals surface area contributed by atoms with Crippen LogP contribution >= 0.6 is 0 Å². The quantitative estimate of drug-likeness (QED) is 0.533. The number of rotatable bonds is 5. The molecule has 24 heavy (non-hydrogen) atoms. The predicted molar refractivity (Wildman–Crippen MR) is 95.1 cm³/mol. The number of methoxy groups -OCH3 is 2. The fraction of sp³-hybridized carbons (Fsp3) is 0.167. The third-order valence-corrected chi connectivity index (χ3v) is 3.62. The highest BCUT2D eigenvalue weighted by Gasteiger charge is 2.07. The summed E-state index contributed by atoms with van der Waals surface area (Å²) in [6, 6.07) is 13.5. The molecule has 1 aromatic heterocycles. The van der Waals surface area contributed by atoms with Crippen molar-refractivity contribution in [2.45, 2.75) is 0 Å². The average Bonchev–Trinajstić information content (AvgIpc) is 2.65. The number of aromatic nitrogens is 2. The zero-order valence-electron chi connectivity index (χ0n) is 13.8. The molecule has 0 aliphatic carbocycles. The van der Waals surface area contributed by atoms with Crippen molar-refractivity contribution in [3.8, 4) is 11.5 Å². The van der Waals surface area contributed by atoms with Gasteiger partial charge in [0.25, 0.3) is 0 Å². The van der Waals surface area contributed by atoms with Crippen LogP contribution in [0, 0.1) is 0 Å². The third-order valence-electron chi connectivity index (χ3n) is 3.62. The highest BCUT2D eigenvalue weighted by atomic mass is 16.5. The van der Waals surface area contributed by atoms with E-state index in [-0.39, 0.29) is 0 Å². The summed E-state index contributed by atoms with van der Waals surface area (Å²) in [6.07, 6.45) is 3.29. The summed E-state index contributed by atoms with van der Waals surface area (Å²) >= 11 is 0. The van der Waals surface area contributed by atoms with Crippen LogP contribution in [0.3, 0.4) is 0 Å². The lowest BCUT2D eigenvalue weighted by molar-refractivity contribution is 0.355. The lowest BCUT2D eigenvalue weighted by Crippen LogP contribution is -2.11. The third kappa shape index (κ3) is 3.12. The Bertz CT molecular complexity index is 875. The van der Waals surface area contributed by atoms with Crippen LogP contribution in [0.2, 0.25) is 0 Å². The number of nitrogens with zero attached hydrogens (tertiary/aromatic N) is 4. The van der Waals surface area contributed by atoms with Gasteiger partial charge in [-0.2, -0.15) is 5.10 Å². The monoisotopic (exact) mass is 322 g/mol. The van der Waals surface area contributed by atoms with Crippen LogP contribution in [0.25, 0.3) is 10.9 Å². The van der Waals surface area contributed by atoms with E-state index in [1.165, 1.54) is 0 Å². The van der Waals surface area contributed by atoms with Gasteiger partial charge in [-0.15, -0.1) is 0 Å². The van der Waals surface area contributed by atoms with Crippen molar-refractivity contribution in [2.75, 3.05) is 26.3 Å². The van der Waals surface area contributed by atoms with E-state index in [4.69, 9.17) is 9.47 Å². The first-order chi connectivity index (χ1) is 11.7. The molecule has 0 aliphatic rings. The van der Waals surface area contributed by atoms with Gasteiger partial charge >= 0.3 is 0 Å². The molecule has 0 saturated heterocycles. The van der Waals surface area contributed by atoms with Gasteiger partial charge in [-0.3, -0.25) is 5.01 Å². The number of fused-ring (bicyclic) bond motifs is 1. The molecule has 0 amide bonds. The first kappa shape index (κ1) is 15.7. The number of anilines is 1. The Hall–Kier alpha value is -3.15. The van der Waals surface area contributed by atoms with E-state index in [1.807, 2.05) is 49.5 Å². The zero-order valence-corrected chi connectivity index (χ0v) is 13.8. The Labute approximate surface area is 140 Å². The first-order valence-electron chi connectivity index (χ1n) is 7.42. The SMILES string of the molecule is COc1ccc(/C=N/N(C)c2ncnc3ccccc23)cc1OC. The van der Waals surface area contributed by atoms with Gasteiger partial charge in [0.05, 0.1) is 26.0 Å². The second-order valence-electron chi connectivity index (χ2n) is 5.10. The van der Waals surface area contributed by atoms with Crippen molar-refractivity contribution < 1.29 is 9.47 Å². The molecule has 122 valence electrons. The summed E-state index contributed by atoms with van der Waals surface area (Å²) in [5, 5.41) is 7.14. The molecule has 0 aliphatic heterocycles. The van der Waals surface area contributed by atoms with Crippen LogP contribution in [0.15, 0.2) is 53.9 Å². The average molecular weight is 322 g/mol. The lowest BCUT2D eigenvalue weighted by Gasteiger charge is -2.13. The van der Waals surface area contributed by atoms with Gasteiger partial charge in [0.15, 0.2) is 17.3 Å². The first-order valence-corrected chi connectivity index (χ1v) is 7.42. The summed E-state index contributed by atoms with van der Waals surface area (Å²) in [5.41, 5.74) is 1.79. The molecule has 0 unspecified atom stereocenters. The van der Waals surface area contributed by atoms with E-state index in [0.717, 1.165) is 22.3 Å². The molecule has 0 radical (unpaired) electrons. The second-order valence-corrected chi connectivity index (χ2v) is 5.10. The summed E-state index contributed by atoms with van der Waals surface area (Å²) in [7, 11) is 5.07. The number of para-hydroxylation sites is 1. The minimum absolute atomic E-state index is 0.664. The minimum Gasteiger partial charge on any atom is -0.493 e. The predicted octanol–water partition coefficient (Wildman–Crippen LogP) is 3.12. The molecule has 0 N–H and O–H groups in total. The molecule has 0 spiro atoms. The molecule has 0 saturated carbocycles. The molecule has 3 aromatic rings. The molecule has 3 rings (SSSR count). The normalized spacial score (nSPS) is 11.0. The van der Waals surface area contributed by atoms with Crippen molar-refractivity contribution in [3.05, 3.63) is 54.4 Å². The molecule has 0 atom stereocenters. The number of hydrazone groups is 1. The number of hydrogen-bond acceptors (Lipinski definition) is 6. The number of benzene rings is 2. The molecule has 6 heteroatoms. The highest BCUT2D eigenvalue weighted by Crippen LogP contribution is 2.27. The van der Waals surface area contributed by atoms with E-state index in [1.54, 1.807) is 31.8 Å². The molecule has 1 heterocycles. The van der Waals surface area contributed by atoms with Crippen LogP contribution in [0.1, 0.15) is 5.56 Å². The van der Waals surface area contributed by atoms with Gasteiger partial charge in [-0.1, -0.05) is 12.1 Å². The van der Waals surface area contributed by atoms with E-state index in [2.05, 4.69) is 15.1 Å². The lowest BCUT2D eigenvalue weighted by atomic mass is 10.2. The standard InChI is InChI=1S/C18H18N4O2/c1-22(18-14-6-4-5-7-15(14)19-12-20-18)21-11-13-8-9-16(23-2)17(10-13)24-3/h4-12H,1-3H3/b21-11+.